The quantitative estimate of drug-likeness (QED) is 0.170. The lowest BCUT2D eigenvalue weighted by molar-refractivity contribution is -0.117. The van der Waals surface area contributed by atoms with Crippen LogP contribution in [0.4, 0.5) is 0 Å². The van der Waals surface area contributed by atoms with Crippen molar-refractivity contribution in [2.24, 2.45) is 5.10 Å². The molecule has 9 nitrogen and oxygen atoms in total. The van der Waals surface area contributed by atoms with Crippen LogP contribution in [0.2, 0.25) is 0 Å². The largest absolute Gasteiger partial charge is 0.497 e. The summed E-state index contributed by atoms with van der Waals surface area (Å²) in [6.45, 7) is 4.69. The second-order valence-electron chi connectivity index (χ2n) is 7.88. The summed E-state index contributed by atoms with van der Waals surface area (Å²) >= 11 is 3.49. The van der Waals surface area contributed by atoms with E-state index < -0.39 is 11.8 Å². The van der Waals surface area contributed by atoms with Crippen molar-refractivity contribution in [2.75, 3.05) is 27.4 Å². The number of nitrogens with one attached hydrogen (secondary N) is 2. The first-order valence-corrected chi connectivity index (χ1v) is 12.9. The third kappa shape index (κ3) is 8.08. The van der Waals surface area contributed by atoms with E-state index in [-0.39, 0.29) is 5.70 Å². The fraction of sp³-hybridized carbons (Fsp3) is 0.207. The molecule has 204 valence electrons. The molecule has 0 bridgehead atoms. The normalized spacial score (nSPS) is 11.2. The molecule has 0 radical (unpaired) electrons. The van der Waals surface area contributed by atoms with E-state index in [1.54, 1.807) is 60.7 Å². The molecule has 39 heavy (non-hydrogen) atoms. The number of hydrogen-bond donors (Lipinski definition) is 2. The summed E-state index contributed by atoms with van der Waals surface area (Å²) in [5.74, 6) is 1.07. The number of ether oxygens (including phenoxy) is 4. The summed E-state index contributed by atoms with van der Waals surface area (Å²) in [4.78, 5) is 26.1. The van der Waals surface area contributed by atoms with Crippen LogP contribution >= 0.6 is 15.9 Å². The van der Waals surface area contributed by atoms with Crippen molar-refractivity contribution in [3.63, 3.8) is 0 Å². The molecule has 0 spiro atoms. The van der Waals surface area contributed by atoms with E-state index in [0.717, 1.165) is 0 Å². The van der Waals surface area contributed by atoms with Crippen molar-refractivity contribution in [3.8, 4) is 23.0 Å². The van der Waals surface area contributed by atoms with Gasteiger partial charge in [-0.25, -0.2) is 5.43 Å². The second kappa shape index (κ2) is 14.6. The molecule has 3 aromatic rings. The van der Waals surface area contributed by atoms with Gasteiger partial charge in [-0.2, -0.15) is 5.10 Å². The third-order valence-electron chi connectivity index (χ3n) is 5.27. The molecule has 0 aliphatic rings. The van der Waals surface area contributed by atoms with Crippen LogP contribution < -0.4 is 29.7 Å². The van der Waals surface area contributed by atoms with Crippen LogP contribution in [-0.2, 0) is 4.79 Å². The number of benzene rings is 3. The van der Waals surface area contributed by atoms with Crippen LogP contribution in [0.5, 0.6) is 23.0 Å². The van der Waals surface area contributed by atoms with Crippen LogP contribution in [0.3, 0.4) is 0 Å². The lowest BCUT2D eigenvalue weighted by Gasteiger charge is -2.13. The number of carbonyl (C=O) groups is 2. The summed E-state index contributed by atoms with van der Waals surface area (Å²) in [7, 11) is 3.04. The van der Waals surface area contributed by atoms with E-state index in [9.17, 15) is 9.59 Å². The molecule has 0 fully saturated rings. The lowest BCUT2D eigenvalue weighted by atomic mass is 10.1. The molecule has 0 aliphatic carbocycles. The zero-order valence-electron chi connectivity index (χ0n) is 22.1. The predicted molar refractivity (Wildman–Crippen MR) is 154 cm³/mol. The van der Waals surface area contributed by atoms with E-state index in [4.69, 9.17) is 18.9 Å². The van der Waals surface area contributed by atoms with Crippen molar-refractivity contribution in [1.29, 1.82) is 0 Å². The topological polar surface area (TPSA) is 107 Å². The van der Waals surface area contributed by atoms with E-state index in [2.05, 4.69) is 31.8 Å². The van der Waals surface area contributed by atoms with Gasteiger partial charge in [-0.1, -0.05) is 18.2 Å². The molecule has 0 saturated heterocycles. The number of hydrogen-bond acceptors (Lipinski definition) is 7. The Morgan fingerprint density at radius 3 is 2.33 bits per heavy atom. The van der Waals surface area contributed by atoms with Gasteiger partial charge in [-0.3, -0.25) is 9.59 Å². The Labute approximate surface area is 235 Å². The van der Waals surface area contributed by atoms with Crippen molar-refractivity contribution in [3.05, 3.63) is 87.5 Å². The zero-order chi connectivity index (χ0) is 28.2. The van der Waals surface area contributed by atoms with Crippen LogP contribution in [-0.4, -0.2) is 45.5 Å². The first-order chi connectivity index (χ1) is 18.9. The highest BCUT2D eigenvalue weighted by Gasteiger charge is 2.16. The van der Waals surface area contributed by atoms with Crippen LogP contribution in [0.1, 0.15) is 35.3 Å². The highest BCUT2D eigenvalue weighted by molar-refractivity contribution is 9.10. The maximum atomic E-state index is 13.2. The number of hydrazone groups is 1. The standard InChI is InChI=1S/C29H30BrN3O6/c1-5-38-26-15-19(14-23(30)27(26)39-6-2)18-31-33-29(35)24(32-28(34)20-10-8-7-9-11-20)17-21-16-22(36-3)12-13-25(21)37-4/h7-18H,5-6H2,1-4H3,(H,32,34)(H,33,35)/b24-17-,31-18-. The fourth-order valence-electron chi connectivity index (χ4n) is 3.49. The van der Waals surface area contributed by atoms with Crippen molar-refractivity contribution in [2.45, 2.75) is 13.8 Å². The van der Waals surface area contributed by atoms with Crippen LogP contribution in [0.25, 0.3) is 6.08 Å². The fourth-order valence-corrected chi connectivity index (χ4v) is 4.06. The Morgan fingerprint density at radius 2 is 1.67 bits per heavy atom. The SMILES string of the molecule is CCOc1cc(/C=N\NC(=O)/C(=C/c2cc(OC)ccc2OC)NC(=O)c2ccccc2)cc(Br)c1OCC. The van der Waals surface area contributed by atoms with Gasteiger partial charge in [-0.15, -0.1) is 0 Å². The highest BCUT2D eigenvalue weighted by Crippen LogP contribution is 2.36. The molecule has 2 N–H and O–H groups in total. The number of methoxy groups -OCH3 is 2. The first-order valence-electron chi connectivity index (χ1n) is 12.1. The monoisotopic (exact) mass is 595 g/mol. The van der Waals surface area contributed by atoms with Gasteiger partial charge in [0.05, 0.1) is 38.1 Å². The molecule has 3 rings (SSSR count). The van der Waals surface area contributed by atoms with Gasteiger partial charge in [0.15, 0.2) is 11.5 Å². The van der Waals surface area contributed by atoms with Gasteiger partial charge in [0.25, 0.3) is 11.8 Å². The summed E-state index contributed by atoms with van der Waals surface area (Å²) in [6, 6.07) is 17.2. The first kappa shape index (κ1) is 29.2. The molecule has 2 amide bonds. The molecular formula is C29H30BrN3O6. The maximum absolute atomic E-state index is 13.2. The third-order valence-corrected chi connectivity index (χ3v) is 5.85. The van der Waals surface area contributed by atoms with Crippen molar-refractivity contribution >= 4 is 40.0 Å². The van der Waals surface area contributed by atoms with Gasteiger partial charge in [0, 0.05) is 11.1 Å². The summed E-state index contributed by atoms with van der Waals surface area (Å²) in [5, 5.41) is 6.76. The predicted octanol–water partition coefficient (Wildman–Crippen LogP) is 5.18. The van der Waals surface area contributed by atoms with Crippen LogP contribution in [0, 0.1) is 0 Å². The Morgan fingerprint density at radius 1 is 0.923 bits per heavy atom. The summed E-state index contributed by atoms with van der Waals surface area (Å²) < 4.78 is 22.8. The zero-order valence-corrected chi connectivity index (χ0v) is 23.7. The van der Waals surface area contributed by atoms with Crippen LogP contribution in [0.15, 0.2) is 75.9 Å². The van der Waals surface area contributed by atoms with E-state index in [1.165, 1.54) is 26.5 Å². The number of nitrogens with zero attached hydrogens (tertiary/aromatic N) is 1. The smallest absolute Gasteiger partial charge is 0.287 e. The Hall–Kier alpha value is -4.31. The molecule has 0 saturated carbocycles. The van der Waals surface area contributed by atoms with Gasteiger partial charge in [-0.05, 0) is 83.9 Å². The molecule has 3 aromatic carbocycles. The molecule has 10 heteroatoms. The van der Waals surface area contributed by atoms with Gasteiger partial charge in [0.2, 0.25) is 0 Å². The second-order valence-corrected chi connectivity index (χ2v) is 8.74. The Kier molecular flexibility index (Phi) is 10.9. The van der Waals surface area contributed by atoms with E-state index in [1.807, 2.05) is 13.8 Å². The molecule has 0 heterocycles. The Bertz CT molecular complexity index is 1360. The van der Waals surface area contributed by atoms with Crippen molar-refractivity contribution < 1.29 is 28.5 Å². The molecule has 0 atom stereocenters. The average Bonchev–Trinajstić information content (AvgIpc) is 2.95. The van der Waals surface area contributed by atoms with Crippen molar-refractivity contribution in [1.82, 2.24) is 10.7 Å². The molecule has 0 aliphatic heterocycles. The van der Waals surface area contributed by atoms with Gasteiger partial charge in [0.1, 0.15) is 17.2 Å². The minimum absolute atomic E-state index is 0.0459. The molecule has 0 aromatic heterocycles. The maximum Gasteiger partial charge on any atom is 0.287 e. The summed E-state index contributed by atoms with van der Waals surface area (Å²) in [6.07, 6.45) is 2.96. The van der Waals surface area contributed by atoms with E-state index >= 15 is 0 Å². The number of halogens is 1. The van der Waals surface area contributed by atoms with E-state index in [0.29, 0.717) is 57.4 Å². The Balaban J connectivity index is 1.90. The molecule has 0 unspecified atom stereocenters. The summed E-state index contributed by atoms with van der Waals surface area (Å²) in [5.41, 5.74) is 4.00. The van der Waals surface area contributed by atoms with Gasteiger partial charge < -0.3 is 24.3 Å². The highest BCUT2D eigenvalue weighted by atomic mass is 79.9. The average molecular weight is 596 g/mol. The number of carbonyl (C=O) groups excluding carboxylic acids is 2. The lowest BCUT2D eigenvalue weighted by Crippen LogP contribution is -2.32. The molecular weight excluding hydrogens is 566 g/mol. The number of rotatable bonds is 12. The van der Waals surface area contributed by atoms with Gasteiger partial charge >= 0.3 is 0 Å². The number of amides is 2. The minimum Gasteiger partial charge on any atom is -0.497 e. The minimum atomic E-state index is -0.643.